The maximum Gasteiger partial charge on any atom is 0.341 e. The fourth-order valence-corrected chi connectivity index (χ4v) is 4.24. The number of carbonyl (C=O) groups is 2. The van der Waals surface area contributed by atoms with E-state index in [-0.39, 0.29) is 18.3 Å². The van der Waals surface area contributed by atoms with E-state index in [2.05, 4.69) is 22.1 Å². The average Bonchev–Trinajstić information content (AvgIpc) is 3.35. The van der Waals surface area contributed by atoms with Crippen LogP contribution in [0.15, 0.2) is 53.5 Å². The molecule has 1 amide bonds. The van der Waals surface area contributed by atoms with E-state index < -0.39 is 5.97 Å². The van der Waals surface area contributed by atoms with Gasteiger partial charge in [-0.25, -0.2) is 4.79 Å². The van der Waals surface area contributed by atoms with Gasteiger partial charge in [0, 0.05) is 17.1 Å². The lowest BCUT2D eigenvalue weighted by molar-refractivity contribution is -0.113. The van der Waals surface area contributed by atoms with Gasteiger partial charge in [0.1, 0.15) is 5.00 Å². The van der Waals surface area contributed by atoms with Crippen molar-refractivity contribution in [1.82, 2.24) is 14.8 Å². The summed E-state index contributed by atoms with van der Waals surface area (Å²) in [6.07, 6.45) is 1.74. The van der Waals surface area contributed by atoms with Gasteiger partial charge in [0.15, 0.2) is 11.0 Å². The van der Waals surface area contributed by atoms with Gasteiger partial charge in [-0.1, -0.05) is 29.4 Å². The number of rotatable bonds is 9. The van der Waals surface area contributed by atoms with Crippen molar-refractivity contribution in [2.24, 2.45) is 0 Å². The predicted octanol–water partition coefficient (Wildman–Crippen LogP) is 4.75. The lowest BCUT2D eigenvalue weighted by atomic mass is 10.2. The smallest absolute Gasteiger partial charge is 0.341 e. The Morgan fingerprint density at radius 3 is 2.77 bits per heavy atom. The first-order chi connectivity index (χ1) is 14.5. The van der Waals surface area contributed by atoms with Crippen molar-refractivity contribution in [1.29, 1.82) is 0 Å². The van der Waals surface area contributed by atoms with Gasteiger partial charge in [-0.15, -0.1) is 28.1 Å². The van der Waals surface area contributed by atoms with E-state index in [0.717, 1.165) is 5.56 Å². The zero-order valence-electron chi connectivity index (χ0n) is 16.1. The highest BCUT2D eigenvalue weighted by Crippen LogP contribution is 2.27. The van der Waals surface area contributed by atoms with Crippen molar-refractivity contribution >= 4 is 51.6 Å². The number of nitrogens with zero attached hydrogens (tertiary/aromatic N) is 3. The van der Waals surface area contributed by atoms with Gasteiger partial charge >= 0.3 is 5.97 Å². The highest BCUT2D eigenvalue weighted by molar-refractivity contribution is 7.99. The second-order valence-corrected chi connectivity index (χ2v) is 8.23. The molecule has 30 heavy (non-hydrogen) atoms. The number of carbonyl (C=O) groups excluding carboxylic acids is 2. The molecule has 3 aromatic rings. The Morgan fingerprint density at radius 2 is 2.07 bits per heavy atom. The van der Waals surface area contributed by atoms with Crippen LogP contribution in [0.1, 0.15) is 17.3 Å². The molecule has 0 aliphatic heterocycles. The Labute approximate surface area is 187 Å². The molecule has 0 atom stereocenters. The molecule has 0 aliphatic rings. The summed E-state index contributed by atoms with van der Waals surface area (Å²) in [6.45, 7) is 6.28. The molecule has 156 valence electrons. The number of esters is 1. The fraction of sp³-hybridized carbons (Fsp3) is 0.200. The number of halogens is 1. The molecule has 0 saturated carbocycles. The first-order valence-corrected chi connectivity index (χ1v) is 11.2. The largest absolute Gasteiger partial charge is 0.462 e. The topological polar surface area (TPSA) is 86.1 Å². The summed E-state index contributed by atoms with van der Waals surface area (Å²) in [6, 6.07) is 8.92. The van der Waals surface area contributed by atoms with Crippen LogP contribution in [0.4, 0.5) is 5.00 Å². The molecule has 2 heterocycles. The summed E-state index contributed by atoms with van der Waals surface area (Å²) in [5.41, 5.74) is 1.21. The molecule has 0 radical (unpaired) electrons. The summed E-state index contributed by atoms with van der Waals surface area (Å²) >= 11 is 8.48. The maximum atomic E-state index is 12.4. The molecule has 0 aliphatic carbocycles. The molecule has 0 saturated heterocycles. The Balaban J connectivity index is 1.69. The molecule has 0 bridgehead atoms. The molecule has 0 spiro atoms. The highest BCUT2D eigenvalue weighted by Gasteiger charge is 2.18. The van der Waals surface area contributed by atoms with E-state index in [9.17, 15) is 9.59 Å². The molecule has 7 nitrogen and oxygen atoms in total. The molecule has 1 N–H and O–H groups in total. The summed E-state index contributed by atoms with van der Waals surface area (Å²) in [4.78, 5) is 24.4. The van der Waals surface area contributed by atoms with Crippen LogP contribution >= 0.6 is 34.7 Å². The molecule has 1 aromatic carbocycles. The van der Waals surface area contributed by atoms with Crippen LogP contribution in [0.5, 0.6) is 0 Å². The number of thioether (sulfide) groups is 1. The minimum atomic E-state index is -0.458. The Hall–Kier alpha value is -2.62. The minimum absolute atomic E-state index is 0.107. The summed E-state index contributed by atoms with van der Waals surface area (Å²) < 4.78 is 6.88. The van der Waals surface area contributed by atoms with Crippen molar-refractivity contribution in [3.63, 3.8) is 0 Å². The Morgan fingerprint density at radius 1 is 1.30 bits per heavy atom. The number of aromatic nitrogens is 3. The van der Waals surface area contributed by atoms with Gasteiger partial charge in [-0.2, -0.15) is 0 Å². The Bertz CT molecular complexity index is 1050. The van der Waals surface area contributed by atoms with Crippen molar-refractivity contribution in [3.8, 4) is 11.4 Å². The highest BCUT2D eigenvalue weighted by atomic mass is 35.5. The number of thiophene rings is 1. The van der Waals surface area contributed by atoms with Crippen molar-refractivity contribution in [3.05, 3.63) is 59.0 Å². The number of anilines is 1. The second-order valence-electron chi connectivity index (χ2n) is 5.93. The summed E-state index contributed by atoms with van der Waals surface area (Å²) in [5, 5.41) is 14.7. The number of hydrogen-bond acceptors (Lipinski definition) is 7. The van der Waals surface area contributed by atoms with Gasteiger partial charge in [0.2, 0.25) is 5.91 Å². The zero-order chi connectivity index (χ0) is 21.5. The molecule has 0 fully saturated rings. The van der Waals surface area contributed by atoms with E-state index >= 15 is 0 Å². The number of allylic oxidation sites excluding steroid dienone is 1. The fourth-order valence-electron chi connectivity index (χ4n) is 2.57. The molecule has 10 heteroatoms. The van der Waals surface area contributed by atoms with Crippen molar-refractivity contribution in [2.75, 3.05) is 17.7 Å². The van der Waals surface area contributed by atoms with Crippen molar-refractivity contribution < 1.29 is 14.3 Å². The third-order valence-corrected chi connectivity index (χ3v) is 5.93. The number of amides is 1. The lowest BCUT2D eigenvalue weighted by Gasteiger charge is -2.08. The van der Waals surface area contributed by atoms with Crippen LogP contribution in [0.2, 0.25) is 5.02 Å². The van der Waals surface area contributed by atoms with Crippen LogP contribution in [0, 0.1) is 0 Å². The van der Waals surface area contributed by atoms with E-state index in [0.29, 0.717) is 33.1 Å². The third kappa shape index (κ3) is 5.29. The van der Waals surface area contributed by atoms with Crippen molar-refractivity contribution in [2.45, 2.75) is 18.6 Å². The average molecular weight is 463 g/mol. The Kier molecular flexibility index (Phi) is 7.67. The molecular weight excluding hydrogens is 444 g/mol. The minimum Gasteiger partial charge on any atom is -0.462 e. The first kappa shape index (κ1) is 22.1. The quantitative estimate of drug-likeness (QED) is 0.280. The van der Waals surface area contributed by atoms with Crippen LogP contribution in [-0.2, 0) is 16.1 Å². The molecule has 2 aromatic heterocycles. The van der Waals surface area contributed by atoms with E-state index in [1.54, 1.807) is 36.6 Å². The van der Waals surface area contributed by atoms with Gasteiger partial charge in [-0.05, 0) is 42.6 Å². The van der Waals surface area contributed by atoms with Gasteiger partial charge in [0.25, 0.3) is 0 Å². The van der Waals surface area contributed by atoms with Gasteiger partial charge in [0.05, 0.1) is 17.9 Å². The van der Waals surface area contributed by atoms with Gasteiger partial charge < -0.3 is 10.1 Å². The van der Waals surface area contributed by atoms with Crippen LogP contribution in [0.3, 0.4) is 0 Å². The molecule has 0 unspecified atom stereocenters. The lowest BCUT2D eigenvalue weighted by Crippen LogP contribution is -2.16. The zero-order valence-corrected chi connectivity index (χ0v) is 18.5. The third-order valence-electron chi connectivity index (χ3n) is 3.88. The molecular formula is C20H19ClN4O3S2. The number of nitrogens with one attached hydrogen (secondary N) is 1. The van der Waals surface area contributed by atoms with Crippen LogP contribution in [0.25, 0.3) is 11.4 Å². The van der Waals surface area contributed by atoms with E-state index in [1.165, 1.54) is 23.1 Å². The van der Waals surface area contributed by atoms with E-state index in [4.69, 9.17) is 16.3 Å². The maximum absolute atomic E-state index is 12.4. The predicted molar refractivity (Wildman–Crippen MR) is 120 cm³/mol. The van der Waals surface area contributed by atoms with Crippen LogP contribution in [-0.4, -0.2) is 39.0 Å². The van der Waals surface area contributed by atoms with Crippen LogP contribution < -0.4 is 5.32 Å². The second kappa shape index (κ2) is 10.4. The number of benzene rings is 1. The SMILES string of the molecule is C=CCn1c(SCC(=O)Nc2sccc2C(=O)OCC)nnc1-c1ccc(Cl)cc1. The number of ether oxygens (including phenoxy) is 1. The number of hydrogen-bond donors (Lipinski definition) is 1. The van der Waals surface area contributed by atoms with Gasteiger partial charge in [-0.3, -0.25) is 9.36 Å². The normalized spacial score (nSPS) is 10.6. The monoisotopic (exact) mass is 462 g/mol. The first-order valence-electron chi connectivity index (χ1n) is 9.00. The molecule has 3 rings (SSSR count). The summed E-state index contributed by atoms with van der Waals surface area (Å²) in [5.74, 6) is 0.0577. The standard InChI is InChI=1S/C20H19ClN4O3S2/c1-3-10-25-17(13-5-7-14(21)8-6-13)23-24-20(25)30-12-16(26)22-18-15(9-11-29-18)19(27)28-4-2/h3,5-9,11H,1,4,10,12H2,2H3,(H,22,26). The summed E-state index contributed by atoms with van der Waals surface area (Å²) in [7, 11) is 0. The van der Waals surface area contributed by atoms with E-state index in [1.807, 2.05) is 16.7 Å².